The first-order valence-corrected chi connectivity index (χ1v) is 10.4. The van der Waals surface area contributed by atoms with Crippen LogP contribution in [0.15, 0.2) is 29.4 Å². The summed E-state index contributed by atoms with van der Waals surface area (Å²) in [7, 11) is 0. The van der Waals surface area contributed by atoms with Crippen LogP contribution >= 0.6 is 23.1 Å². The highest BCUT2D eigenvalue weighted by atomic mass is 32.2. The normalized spacial score (nSPS) is 11.0. The van der Waals surface area contributed by atoms with Gasteiger partial charge in [-0.3, -0.25) is 0 Å². The number of rotatable bonds is 10. The lowest BCUT2D eigenvalue weighted by Crippen LogP contribution is -2.20. The van der Waals surface area contributed by atoms with E-state index in [2.05, 4.69) is 25.6 Å². The largest absolute Gasteiger partial charge is 0.493 e. The molecule has 0 saturated heterocycles. The Morgan fingerprint density at radius 1 is 1.30 bits per heavy atom. The van der Waals surface area contributed by atoms with Crippen molar-refractivity contribution in [1.29, 1.82) is 0 Å². The van der Waals surface area contributed by atoms with Crippen LogP contribution in [0.4, 0.5) is 5.95 Å². The van der Waals surface area contributed by atoms with E-state index in [1.54, 1.807) is 0 Å². The molecule has 0 fully saturated rings. The van der Waals surface area contributed by atoms with E-state index >= 15 is 0 Å². The smallest absolute Gasteiger partial charge is 0.236 e. The van der Waals surface area contributed by atoms with E-state index in [1.165, 1.54) is 27.8 Å². The minimum atomic E-state index is 0.137. The first kappa shape index (κ1) is 19.5. The third-order valence-corrected chi connectivity index (χ3v) is 5.02. The van der Waals surface area contributed by atoms with E-state index in [9.17, 15) is 0 Å². The average Bonchev–Trinajstić information content (AvgIpc) is 3.31. The number of nitrogen functional groups attached to an aromatic ring is 1. The van der Waals surface area contributed by atoms with Crippen molar-refractivity contribution in [2.75, 3.05) is 38.3 Å². The highest BCUT2D eigenvalue weighted by Gasteiger charge is 2.16. The summed E-state index contributed by atoms with van der Waals surface area (Å²) in [5, 5.41) is 26.5. The maximum absolute atomic E-state index is 8.76. The molecular formula is C16H21N7O2S2. The van der Waals surface area contributed by atoms with Crippen molar-refractivity contribution >= 4 is 29.0 Å². The first-order chi connectivity index (χ1) is 13.2. The number of aromatic nitrogens is 5. The second kappa shape index (κ2) is 9.65. The third kappa shape index (κ3) is 4.95. The van der Waals surface area contributed by atoms with Gasteiger partial charge in [-0.25, -0.2) is 0 Å². The molecule has 0 amide bonds. The maximum atomic E-state index is 8.76. The van der Waals surface area contributed by atoms with Gasteiger partial charge in [-0.15, -0.1) is 15.3 Å². The second-order valence-electron chi connectivity index (χ2n) is 5.43. The van der Waals surface area contributed by atoms with Crippen LogP contribution in [0.25, 0.3) is 15.7 Å². The Labute approximate surface area is 165 Å². The monoisotopic (exact) mass is 407 g/mol. The molecule has 0 saturated carbocycles. The molecule has 27 heavy (non-hydrogen) atoms. The molecule has 9 nitrogen and oxygen atoms in total. The molecular weight excluding hydrogens is 386 g/mol. The lowest BCUT2D eigenvalue weighted by Gasteiger charge is -2.09. The van der Waals surface area contributed by atoms with Crippen molar-refractivity contribution in [3.05, 3.63) is 24.3 Å². The summed E-state index contributed by atoms with van der Waals surface area (Å²) >= 11 is 2.78. The van der Waals surface area contributed by atoms with E-state index in [4.69, 9.17) is 15.6 Å². The molecule has 3 aromatic rings. The number of aliphatic hydroxyl groups excluding tert-OH is 1. The van der Waals surface area contributed by atoms with E-state index in [0.717, 1.165) is 29.3 Å². The number of aliphatic hydroxyl groups is 1. The lowest BCUT2D eigenvalue weighted by molar-refractivity contribution is 0.282. The minimum absolute atomic E-state index is 0.137. The zero-order valence-corrected chi connectivity index (χ0v) is 16.5. The van der Waals surface area contributed by atoms with Gasteiger partial charge >= 0.3 is 0 Å². The molecule has 0 spiro atoms. The molecule has 3 rings (SSSR count). The quantitative estimate of drug-likeness (QED) is 0.338. The molecule has 144 valence electrons. The van der Waals surface area contributed by atoms with Gasteiger partial charge < -0.3 is 20.9 Å². The van der Waals surface area contributed by atoms with Crippen LogP contribution in [-0.2, 0) is 0 Å². The summed E-state index contributed by atoms with van der Waals surface area (Å²) in [5.41, 5.74) is 6.78. The van der Waals surface area contributed by atoms with E-state index in [1.807, 2.05) is 30.5 Å². The number of ether oxygens (including phenoxy) is 1. The number of nitrogens with one attached hydrogen (secondary N) is 1. The highest BCUT2D eigenvalue weighted by Crippen LogP contribution is 2.33. The van der Waals surface area contributed by atoms with Gasteiger partial charge in [0.05, 0.1) is 18.8 Å². The topological polar surface area (TPSA) is 124 Å². The van der Waals surface area contributed by atoms with E-state index in [0.29, 0.717) is 23.4 Å². The van der Waals surface area contributed by atoms with Crippen LogP contribution in [0.5, 0.6) is 5.75 Å². The van der Waals surface area contributed by atoms with Gasteiger partial charge in [-0.1, -0.05) is 35.2 Å². The SMILES string of the molecule is CSc1nc(N)n(-c2nnc(-c3ccccc3OCCCNCCO)s2)n1. The molecule has 0 radical (unpaired) electrons. The molecule has 2 heterocycles. The van der Waals surface area contributed by atoms with Crippen molar-refractivity contribution in [2.45, 2.75) is 11.6 Å². The Bertz CT molecular complexity index is 868. The zero-order valence-electron chi connectivity index (χ0n) is 14.8. The van der Waals surface area contributed by atoms with Crippen LogP contribution in [0.1, 0.15) is 6.42 Å². The van der Waals surface area contributed by atoms with Gasteiger partial charge in [0.15, 0.2) is 5.01 Å². The third-order valence-electron chi connectivity index (χ3n) is 3.55. The standard InChI is InChI=1S/C16H21N7O2S2/c1-26-15-19-14(17)23(22-15)16-21-20-13(27-16)11-5-2-3-6-12(11)25-10-4-7-18-8-9-24/h2-3,5-6,18,24H,4,7-10H2,1H3,(H2,17,19,22). The highest BCUT2D eigenvalue weighted by molar-refractivity contribution is 7.98. The fraction of sp³-hybridized carbons (Fsp3) is 0.375. The number of nitrogens with zero attached hydrogens (tertiary/aromatic N) is 5. The van der Waals surface area contributed by atoms with Crippen LogP contribution in [0.2, 0.25) is 0 Å². The molecule has 11 heteroatoms. The van der Waals surface area contributed by atoms with Crippen LogP contribution in [0, 0.1) is 0 Å². The van der Waals surface area contributed by atoms with Gasteiger partial charge in [0, 0.05) is 6.54 Å². The number of hydrogen-bond acceptors (Lipinski definition) is 10. The average molecular weight is 408 g/mol. The zero-order chi connectivity index (χ0) is 19.1. The lowest BCUT2D eigenvalue weighted by atomic mass is 10.2. The molecule has 4 N–H and O–H groups in total. The van der Waals surface area contributed by atoms with Gasteiger partial charge in [0.2, 0.25) is 16.2 Å². The Kier molecular flexibility index (Phi) is 6.98. The molecule has 2 aromatic heterocycles. The number of anilines is 1. The molecule has 0 aliphatic rings. The molecule has 0 aliphatic heterocycles. The Balaban J connectivity index is 1.71. The van der Waals surface area contributed by atoms with Crippen LogP contribution < -0.4 is 15.8 Å². The minimum Gasteiger partial charge on any atom is -0.493 e. The van der Waals surface area contributed by atoms with Gasteiger partial charge in [0.1, 0.15) is 5.75 Å². The van der Waals surface area contributed by atoms with Gasteiger partial charge in [0.25, 0.3) is 0 Å². The Hall–Kier alpha value is -2.21. The number of hydrogen-bond donors (Lipinski definition) is 3. The summed E-state index contributed by atoms with van der Waals surface area (Å²) in [4.78, 5) is 4.16. The molecule has 0 atom stereocenters. The predicted molar refractivity (Wildman–Crippen MR) is 107 cm³/mol. The van der Waals surface area contributed by atoms with Crippen molar-refractivity contribution < 1.29 is 9.84 Å². The fourth-order valence-electron chi connectivity index (χ4n) is 2.29. The summed E-state index contributed by atoms with van der Waals surface area (Å²) < 4.78 is 7.39. The Morgan fingerprint density at radius 2 is 2.15 bits per heavy atom. The number of thioether (sulfide) groups is 1. The fourth-order valence-corrected chi connectivity index (χ4v) is 3.48. The second-order valence-corrected chi connectivity index (χ2v) is 7.16. The number of nitrogens with two attached hydrogens (primary N) is 1. The summed E-state index contributed by atoms with van der Waals surface area (Å²) in [6.07, 6.45) is 2.72. The number of para-hydroxylation sites is 1. The van der Waals surface area contributed by atoms with Crippen molar-refractivity contribution in [1.82, 2.24) is 30.3 Å². The van der Waals surface area contributed by atoms with Gasteiger partial charge in [-0.2, -0.15) is 9.67 Å². The van der Waals surface area contributed by atoms with E-state index < -0.39 is 0 Å². The molecule has 0 bridgehead atoms. The molecule has 1 aromatic carbocycles. The summed E-state index contributed by atoms with van der Waals surface area (Å²) in [6, 6.07) is 7.71. The predicted octanol–water partition coefficient (Wildman–Crippen LogP) is 1.44. The van der Waals surface area contributed by atoms with Crippen molar-refractivity contribution in [3.63, 3.8) is 0 Å². The summed E-state index contributed by atoms with van der Waals surface area (Å²) in [6.45, 7) is 2.08. The molecule has 0 unspecified atom stereocenters. The Morgan fingerprint density at radius 3 is 2.93 bits per heavy atom. The maximum Gasteiger partial charge on any atom is 0.236 e. The van der Waals surface area contributed by atoms with Crippen molar-refractivity contribution in [3.8, 4) is 21.5 Å². The molecule has 0 aliphatic carbocycles. The first-order valence-electron chi connectivity index (χ1n) is 8.37. The van der Waals surface area contributed by atoms with Crippen LogP contribution in [-0.4, -0.2) is 62.6 Å². The van der Waals surface area contributed by atoms with Crippen LogP contribution in [0.3, 0.4) is 0 Å². The summed E-state index contributed by atoms with van der Waals surface area (Å²) in [5.74, 6) is 1.03. The van der Waals surface area contributed by atoms with Gasteiger partial charge in [-0.05, 0) is 31.4 Å². The van der Waals surface area contributed by atoms with E-state index in [-0.39, 0.29) is 12.6 Å². The van der Waals surface area contributed by atoms with Crippen molar-refractivity contribution in [2.24, 2.45) is 0 Å². The number of benzene rings is 1.